The van der Waals surface area contributed by atoms with Crippen LogP contribution in [-0.2, 0) is 0 Å². The molecular formula is C54H30F12GaN9. The van der Waals surface area contributed by atoms with Crippen LogP contribution in [0.2, 0.25) is 0 Å². The number of terminal acetylenes is 3. The molecule has 3 aromatic carbocycles. The summed E-state index contributed by atoms with van der Waals surface area (Å²) in [6.07, 6.45) is 31.1. The first-order valence-corrected chi connectivity index (χ1v) is 25.4. The molecule has 0 atom stereocenters. The molecular weight excluding hydrogens is 1070 g/mol. The number of hydrogen-bond acceptors (Lipinski definition) is 6. The molecule has 378 valence electrons. The number of halogens is 12. The van der Waals surface area contributed by atoms with Crippen molar-refractivity contribution < 1.29 is 52.7 Å². The van der Waals surface area contributed by atoms with Crippen molar-refractivity contribution in [2.75, 3.05) is 35.6 Å². The van der Waals surface area contributed by atoms with E-state index in [2.05, 4.69) is 48.7 Å². The summed E-state index contributed by atoms with van der Waals surface area (Å²) in [4.78, 5) is 12.7. The standard InChI is InChI=1S/3C18H10F4N3.Ga/c3*1-2-7-25-18-16(21)14(19)13(15(20)17(18)22)12(10-5-3-8-23-10)11-6-4-9-24-11;/h3*1,3-6,8-9,25H,7H2;/q3*-1;+3/b3*12-10+;. The topological polar surface area (TPSA) is 88.0 Å². The first-order chi connectivity index (χ1) is 36.7. The zero-order valence-corrected chi connectivity index (χ0v) is 41.0. The Morgan fingerprint density at radius 2 is 0.658 bits per heavy atom. The minimum absolute atomic E-state index is 0.272. The molecule has 6 heterocycles. The van der Waals surface area contributed by atoms with Crippen LogP contribution in [0.15, 0.2) is 124 Å². The van der Waals surface area contributed by atoms with E-state index in [-0.39, 0.29) is 34.2 Å². The molecule has 3 N–H and O–H groups in total. The Kier molecular flexibility index (Phi) is 14.5. The van der Waals surface area contributed by atoms with E-state index < -0.39 is 157 Å². The van der Waals surface area contributed by atoms with Gasteiger partial charge in [0.25, 0.3) is 0 Å². The number of anilines is 3. The van der Waals surface area contributed by atoms with Gasteiger partial charge < -0.3 is 0 Å². The van der Waals surface area contributed by atoms with Gasteiger partial charge in [0.15, 0.2) is 0 Å². The number of aliphatic imine (C=N–C) groups is 3. The fraction of sp³-hybridized carbons (Fsp3) is 0.0556. The molecule has 0 spiro atoms. The first-order valence-electron chi connectivity index (χ1n) is 22.2. The summed E-state index contributed by atoms with van der Waals surface area (Å²) in [5, 5.41) is 6.36. The molecule has 0 saturated carbocycles. The van der Waals surface area contributed by atoms with Crippen LogP contribution in [0.3, 0.4) is 0 Å². The van der Waals surface area contributed by atoms with Gasteiger partial charge in [0, 0.05) is 0 Å². The SMILES string of the molecule is C#CCNc1c(F)c(F)c(/C(=C2\C=CC=N2)c2ccc[n]2[Ga]([n]2cccc2/C(=C2/C=CC=N2)c2c(F)c(F)c(NCC#C)c(F)c2F)[n]2cccc2/C(=C2/C=CC=N2)c2c(F)c(F)c(NCC#C)c(F)c2F)c(F)c1F. The van der Waals surface area contributed by atoms with Crippen LogP contribution in [0.5, 0.6) is 0 Å². The maximum atomic E-state index is 16.7. The maximum absolute atomic E-state index is 16.7. The number of benzene rings is 3. The van der Waals surface area contributed by atoms with Gasteiger partial charge in [-0.1, -0.05) is 0 Å². The molecule has 6 aromatic rings. The number of allylic oxidation sites excluding steroid dienone is 6. The summed E-state index contributed by atoms with van der Waals surface area (Å²) in [5.74, 6) is -16.7. The Hall–Kier alpha value is -9.17. The molecule has 9 nitrogen and oxygen atoms in total. The Morgan fingerprint density at radius 1 is 0.408 bits per heavy atom. The quantitative estimate of drug-likeness (QED) is 0.0414. The molecule has 9 rings (SSSR count). The van der Waals surface area contributed by atoms with Crippen LogP contribution in [0.25, 0.3) is 16.7 Å². The molecule has 3 aromatic heterocycles. The normalized spacial score (nSPS) is 15.1. The van der Waals surface area contributed by atoms with E-state index in [1.54, 1.807) is 0 Å². The van der Waals surface area contributed by atoms with Crippen molar-refractivity contribution in [3.8, 4) is 37.0 Å². The molecule has 0 fully saturated rings. The summed E-state index contributed by atoms with van der Waals surface area (Å²) in [6, 6.07) is 7.78. The van der Waals surface area contributed by atoms with Gasteiger partial charge in [0.05, 0.1) is 0 Å². The van der Waals surface area contributed by atoms with Gasteiger partial charge >= 0.3 is 432 Å². The number of nitrogens with one attached hydrogen (secondary N) is 3. The van der Waals surface area contributed by atoms with Crippen molar-refractivity contribution in [1.82, 2.24) is 9.82 Å². The van der Waals surface area contributed by atoms with Gasteiger partial charge in [-0.2, -0.15) is 0 Å². The van der Waals surface area contributed by atoms with Crippen molar-refractivity contribution in [3.63, 3.8) is 0 Å². The second-order valence-electron chi connectivity index (χ2n) is 16.1. The molecule has 0 unspecified atom stereocenters. The Morgan fingerprint density at radius 3 is 0.868 bits per heavy atom. The Bertz CT molecular complexity index is 3340. The van der Waals surface area contributed by atoms with Crippen LogP contribution < -0.4 is 16.0 Å². The summed E-state index contributed by atoms with van der Waals surface area (Å²) in [5.41, 5.74) is -11.0. The van der Waals surface area contributed by atoms with Gasteiger partial charge in [0.1, 0.15) is 0 Å². The van der Waals surface area contributed by atoms with Crippen LogP contribution in [-0.4, -0.2) is 65.0 Å². The predicted octanol–water partition coefficient (Wildman–Crippen LogP) is 11.0. The fourth-order valence-corrected chi connectivity index (χ4v) is 15.0. The van der Waals surface area contributed by atoms with Crippen LogP contribution in [0, 0.1) is 107 Å². The van der Waals surface area contributed by atoms with Gasteiger partial charge in [-0.15, -0.1) is 0 Å². The molecule has 0 amide bonds. The molecule has 3 aliphatic rings. The molecule has 0 radical (unpaired) electrons. The van der Waals surface area contributed by atoms with E-state index in [9.17, 15) is 0 Å². The zero-order valence-electron chi connectivity index (χ0n) is 38.5. The predicted molar refractivity (Wildman–Crippen MR) is 267 cm³/mol. The van der Waals surface area contributed by atoms with E-state index in [0.717, 1.165) is 0 Å². The molecule has 0 saturated heterocycles. The van der Waals surface area contributed by atoms with E-state index in [0.29, 0.717) is 0 Å². The second-order valence-corrected chi connectivity index (χ2v) is 21.1. The van der Waals surface area contributed by atoms with Crippen LogP contribution >= 0.6 is 0 Å². The van der Waals surface area contributed by atoms with E-state index in [1.165, 1.54) is 120 Å². The number of hydrogen-bond donors (Lipinski definition) is 3. The van der Waals surface area contributed by atoms with E-state index in [1.807, 2.05) is 0 Å². The monoisotopic (exact) mass is 1100 g/mol. The summed E-state index contributed by atoms with van der Waals surface area (Å²) in [6.45, 7) is -1.66. The van der Waals surface area contributed by atoms with Crippen LogP contribution in [0.4, 0.5) is 69.7 Å². The van der Waals surface area contributed by atoms with Crippen molar-refractivity contribution in [2.24, 2.45) is 15.0 Å². The summed E-state index contributed by atoms with van der Waals surface area (Å²) >= 11 is -4.98. The number of rotatable bonds is 15. The fourth-order valence-electron chi connectivity index (χ4n) is 8.77. The van der Waals surface area contributed by atoms with Gasteiger partial charge in [0.2, 0.25) is 0 Å². The first kappa shape index (κ1) is 51.7. The summed E-state index contributed by atoms with van der Waals surface area (Å²) < 4.78 is 201. The van der Waals surface area contributed by atoms with Crippen molar-refractivity contribution in [3.05, 3.63) is 212 Å². The van der Waals surface area contributed by atoms with Gasteiger partial charge in [-0.3, -0.25) is 0 Å². The average molecular weight is 1100 g/mol. The summed E-state index contributed by atoms with van der Waals surface area (Å²) in [7, 11) is 0. The third kappa shape index (κ3) is 8.74. The van der Waals surface area contributed by atoms with E-state index in [4.69, 9.17) is 19.3 Å². The van der Waals surface area contributed by atoms with Gasteiger partial charge in [-0.05, 0) is 0 Å². The molecule has 3 aliphatic heterocycles. The Balaban J connectivity index is 1.39. The van der Waals surface area contributed by atoms with E-state index >= 15 is 52.7 Å². The second kappa shape index (κ2) is 21.4. The number of aromatic nitrogens is 3. The third-order valence-electron chi connectivity index (χ3n) is 11.9. The van der Waals surface area contributed by atoms with Crippen LogP contribution in [0.1, 0.15) is 33.8 Å². The third-order valence-corrected chi connectivity index (χ3v) is 17.9. The minimum atomic E-state index is -4.98. The number of nitrogens with zero attached hydrogens (tertiary/aromatic N) is 6. The average Bonchev–Trinajstić information content (AvgIpc) is 4.36. The molecule has 22 heteroatoms. The molecule has 0 bridgehead atoms. The zero-order chi connectivity index (χ0) is 54.1. The van der Waals surface area contributed by atoms with Crippen molar-refractivity contribution >= 4 is 69.4 Å². The Labute approximate surface area is 429 Å². The van der Waals surface area contributed by atoms with Crippen molar-refractivity contribution in [1.29, 1.82) is 0 Å². The van der Waals surface area contributed by atoms with Crippen molar-refractivity contribution in [2.45, 2.75) is 0 Å². The molecule has 76 heavy (non-hydrogen) atoms. The van der Waals surface area contributed by atoms with Gasteiger partial charge in [-0.25, -0.2) is 0 Å². The molecule has 0 aliphatic carbocycles.